The number of rotatable bonds is 5. The van der Waals surface area contributed by atoms with Crippen molar-refractivity contribution in [3.63, 3.8) is 0 Å². The molecule has 1 amide bonds. The first-order valence-electron chi connectivity index (χ1n) is 6.65. The minimum absolute atomic E-state index is 0.0789. The van der Waals surface area contributed by atoms with Crippen molar-refractivity contribution in [2.75, 3.05) is 0 Å². The highest BCUT2D eigenvalue weighted by atomic mass is 19.1. The van der Waals surface area contributed by atoms with E-state index in [1.54, 1.807) is 39.0 Å². The molecule has 6 heteroatoms. The average Bonchev–Trinajstić information content (AvgIpc) is 2.33. The van der Waals surface area contributed by atoms with Crippen molar-refractivity contribution in [2.45, 2.75) is 45.3 Å². The number of aliphatic carboxylic acids is 1. The molecule has 0 heterocycles. The molecular formula is C15H20FNO4. The fourth-order valence-electron chi connectivity index (χ4n) is 1.71. The maximum absolute atomic E-state index is 13.5. The van der Waals surface area contributed by atoms with Crippen LogP contribution >= 0.6 is 0 Å². The second-order valence-corrected chi connectivity index (χ2v) is 5.67. The lowest BCUT2D eigenvalue weighted by Gasteiger charge is -2.22. The van der Waals surface area contributed by atoms with Gasteiger partial charge in [-0.1, -0.05) is 18.2 Å². The van der Waals surface area contributed by atoms with E-state index in [-0.39, 0.29) is 18.7 Å². The van der Waals surface area contributed by atoms with Gasteiger partial charge >= 0.3 is 12.1 Å². The molecule has 0 saturated carbocycles. The molecule has 1 aromatic carbocycles. The van der Waals surface area contributed by atoms with Gasteiger partial charge in [-0.15, -0.1) is 0 Å². The highest BCUT2D eigenvalue weighted by Gasteiger charge is 2.24. The number of carbonyl (C=O) groups is 2. The summed E-state index contributed by atoms with van der Waals surface area (Å²) in [6, 6.07) is 5.01. The normalized spacial score (nSPS) is 12.6. The number of hydrogen-bond acceptors (Lipinski definition) is 3. The van der Waals surface area contributed by atoms with Gasteiger partial charge in [0.2, 0.25) is 0 Å². The van der Waals surface area contributed by atoms with E-state index in [0.29, 0.717) is 5.56 Å². The van der Waals surface area contributed by atoms with E-state index in [1.165, 1.54) is 6.07 Å². The molecule has 0 spiro atoms. The van der Waals surface area contributed by atoms with Crippen molar-refractivity contribution < 1.29 is 23.8 Å². The first-order valence-corrected chi connectivity index (χ1v) is 6.65. The lowest BCUT2D eigenvalue weighted by atomic mass is 10.0. The first-order chi connectivity index (χ1) is 9.69. The summed E-state index contributed by atoms with van der Waals surface area (Å²) >= 11 is 0. The van der Waals surface area contributed by atoms with E-state index >= 15 is 0 Å². The van der Waals surface area contributed by atoms with Gasteiger partial charge in [-0.25, -0.2) is 14.0 Å². The Balaban J connectivity index is 2.61. The van der Waals surface area contributed by atoms with Gasteiger partial charge in [0.05, 0.1) is 0 Å². The van der Waals surface area contributed by atoms with Crippen molar-refractivity contribution in [2.24, 2.45) is 0 Å². The van der Waals surface area contributed by atoms with Gasteiger partial charge in [0.1, 0.15) is 17.5 Å². The topological polar surface area (TPSA) is 75.6 Å². The van der Waals surface area contributed by atoms with Crippen LogP contribution in [0, 0.1) is 5.82 Å². The molecule has 0 aliphatic carbocycles. The smallest absolute Gasteiger partial charge is 0.408 e. The monoisotopic (exact) mass is 297 g/mol. The number of halogens is 1. The maximum atomic E-state index is 13.5. The van der Waals surface area contributed by atoms with Crippen LogP contribution in [0.15, 0.2) is 24.3 Å². The van der Waals surface area contributed by atoms with Crippen LogP contribution in [-0.2, 0) is 16.0 Å². The molecule has 116 valence electrons. The zero-order valence-corrected chi connectivity index (χ0v) is 12.4. The fourth-order valence-corrected chi connectivity index (χ4v) is 1.71. The molecule has 0 aliphatic rings. The van der Waals surface area contributed by atoms with E-state index < -0.39 is 23.7 Å². The lowest BCUT2D eigenvalue weighted by molar-refractivity contribution is -0.139. The molecule has 21 heavy (non-hydrogen) atoms. The highest BCUT2D eigenvalue weighted by molar-refractivity contribution is 5.80. The third kappa shape index (κ3) is 6.25. The number of nitrogens with one attached hydrogen (secondary N) is 1. The van der Waals surface area contributed by atoms with Crippen LogP contribution in [0.25, 0.3) is 0 Å². The lowest BCUT2D eigenvalue weighted by Crippen LogP contribution is -2.43. The van der Waals surface area contributed by atoms with Crippen molar-refractivity contribution in [3.05, 3.63) is 35.6 Å². The summed E-state index contributed by atoms with van der Waals surface area (Å²) < 4.78 is 18.5. The Morgan fingerprint density at radius 1 is 1.33 bits per heavy atom. The van der Waals surface area contributed by atoms with Gasteiger partial charge in [-0.05, 0) is 45.2 Å². The van der Waals surface area contributed by atoms with Gasteiger partial charge in [0, 0.05) is 0 Å². The Bertz CT molecular complexity index is 511. The predicted molar refractivity (Wildman–Crippen MR) is 75.5 cm³/mol. The van der Waals surface area contributed by atoms with Crippen LogP contribution in [0.4, 0.5) is 9.18 Å². The Kier molecular flexibility index (Phi) is 5.69. The predicted octanol–water partition coefficient (Wildman–Crippen LogP) is 2.74. The number of aryl methyl sites for hydroxylation is 1. The third-order valence-corrected chi connectivity index (χ3v) is 2.65. The Morgan fingerprint density at radius 2 is 1.95 bits per heavy atom. The van der Waals surface area contributed by atoms with Gasteiger partial charge < -0.3 is 15.2 Å². The van der Waals surface area contributed by atoms with Gasteiger partial charge in [-0.2, -0.15) is 0 Å². The fraction of sp³-hybridized carbons (Fsp3) is 0.467. The summed E-state index contributed by atoms with van der Waals surface area (Å²) in [5, 5.41) is 11.4. The van der Waals surface area contributed by atoms with Crippen LogP contribution in [0.2, 0.25) is 0 Å². The minimum atomic E-state index is -1.18. The SMILES string of the molecule is CC(C)(C)OC(=O)N[C@H](CCc1ccccc1F)C(=O)O. The molecular weight excluding hydrogens is 277 g/mol. The molecule has 1 atom stereocenters. The summed E-state index contributed by atoms with van der Waals surface area (Å²) in [6.45, 7) is 5.05. The average molecular weight is 297 g/mol. The molecule has 5 nitrogen and oxygen atoms in total. The van der Waals surface area contributed by atoms with E-state index in [0.717, 1.165) is 0 Å². The Labute approximate surface area is 123 Å². The zero-order chi connectivity index (χ0) is 16.0. The number of hydrogen-bond donors (Lipinski definition) is 2. The summed E-state index contributed by atoms with van der Waals surface area (Å²) in [4.78, 5) is 22.7. The van der Waals surface area contributed by atoms with Gasteiger partial charge in [0.15, 0.2) is 0 Å². The Morgan fingerprint density at radius 3 is 2.48 bits per heavy atom. The molecule has 0 aliphatic heterocycles. The summed E-state index contributed by atoms with van der Waals surface area (Å²) in [6.07, 6.45) is -0.516. The number of alkyl carbamates (subject to hydrolysis) is 1. The maximum Gasteiger partial charge on any atom is 0.408 e. The second kappa shape index (κ2) is 7.06. The number of carboxylic acid groups (broad SMARTS) is 1. The van der Waals surface area contributed by atoms with Gasteiger partial charge in [-0.3, -0.25) is 0 Å². The first kappa shape index (κ1) is 16.9. The van der Waals surface area contributed by atoms with Crippen LogP contribution in [0.1, 0.15) is 32.8 Å². The number of ether oxygens (including phenoxy) is 1. The Hall–Kier alpha value is -2.11. The number of carbonyl (C=O) groups excluding carboxylic acids is 1. The second-order valence-electron chi connectivity index (χ2n) is 5.67. The number of amides is 1. The molecule has 0 bridgehead atoms. The van der Waals surface area contributed by atoms with Crippen molar-refractivity contribution in [1.29, 1.82) is 0 Å². The molecule has 0 fully saturated rings. The molecule has 0 radical (unpaired) electrons. The third-order valence-electron chi connectivity index (χ3n) is 2.65. The van der Waals surface area contributed by atoms with E-state index in [1.807, 2.05) is 0 Å². The summed E-state index contributed by atoms with van der Waals surface area (Å²) in [5.41, 5.74) is -0.298. The quantitative estimate of drug-likeness (QED) is 0.876. The van der Waals surface area contributed by atoms with Crippen LogP contribution in [0.5, 0.6) is 0 Å². The van der Waals surface area contributed by atoms with E-state index in [2.05, 4.69) is 5.32 Å². The number of carboxylic acids is 1. The van der Waals surface area contributed by atoms with Gasteiger partial charge in [0.25, 0.3) is 0 Å². The summed E-state index contributed by atoms with van der Waals surface area (Å²) in [5.74, 6) is -1.57. The molecule has 2 N–H and O–H groups in total. The highest BCUT2D eigenvalue weighted by Crippen LogP contribution is 2.11. The van der Waals surface area contributed by atoms with Crippen molar-refractivity contribution in [3.8, 4) is 0 Å². The molecule has 1 rings (SSSR count). The molecule has 0 aromatic heterocycles. The largest absolute Gasteiger partial charge is 0.480 e. The zero-order valence-electron chi connectivity index (χ0n) is 12.4. The number of benzene rings is 1. The standard InChI is InChI=1S/C15H20FNO4/c1-15(2,3)21-14(20)17-12(13(18)19)9-8-10-6-4-5-7-11(10)16/h4-7,12H,8-9H2,1-3H3,(H,17,20)(H,18,19)/t12-/m1/s1. The molecule has 0 unspecified atom stereocenters. The van der Waals surface area contributed by atoms with Crippen LogP contribution < -0.4 is 5.32 Å². The van der Waals surface area contributed by atoms with Crippen LogP contribution in [-0.4, -0.2) is 28.8 Å². The van der Waals surface area contributed by atoms with E-state index in [4.69, 9.17) is 9.84 Å². The van der Waals surface area contributed by atoms with Crippen molar-refractivity contribution in [1.82, 2.24) is 5.32 Å². The van der Waals surface area contributed by atoms with Crippen molar-refractivity contribution >= 4 is 12.1 Å². The van der Waals surface area contributed by atoms with Crippen LogP contribution in [0.3, 0.4) is 0 Å². The van der Waals surface area contributed by atoms with E-state index in [9.17, 15) is 14.0 Å². The molecule has 0 saturated heterocycles. The minimum Gasteiger partial charge on any atom is -0.480 e. The summed E-state index contributed by atoms with van der Waals surface area (Å²) in [7, 11) is 0. The molecule has 1 aromatic rings.